The molecule has 2 unspecified atom stereocenters. The molecule has 3 aromatic heterocycles. The van der Waals surface area contributed by atoms with Crippen LogP contribution < -0.4 is 5.32 Å². The summed E-state index contributed by atoms with van der Waals surface area (Å²) in [7, 11) is 0. The predicted octanol–water partition coefficient (Wildman–Crippen LogP) is 4.92. The topological polar surface area (TPSA) is 147 Å². The lowest BCUT2D eigenvalue weighted by Gasteiger charge is -2.19. The summed E-state index contributed by atoms with van der Waals surface area (Å²) < 4.78 is 0. The second-order valence-electron chi connectivity index (χ2n) is 8.88. The van der Waals surface area contributed by atoms with Gasteiger partial charge in [-0.25, -0.2) is 4.85 Å². The molecule has 1 N–H and O–H groups in total. The maximum atomic E-state index is 11.4. The van der Waals surface area contributed by atoms with Crippen LogP contribution in [-0.4, -0.2) is 38.3 Å². The highest BCUT2D eigenvalue weighted by Crippen LogP contribution is 2.22. The lowest BCUT2D eigenvalue weighted by atomic mass is 9.94. The first-order valence-corrected chi connectivity index (χ1v) is 13.1. The monoisotopic (exact) mass is 566 g/mol. The molecule has 4 rings (SSSR count). The van der Waals surface area contributed by atoms with Crippen LogP contribution in [0, 0.1) is 17.9 Å². The zero-order chi connectivity index (χ0) is 31.2. The highest BCUT2D eigenvalue weighted by molar-refractivity contribution is 6.00. The smallest absolute Gasteiger partial charge is 0.235 e. The van der Waals surface area contributed by atoms with Crippen molar-refractivity contribution in [1.29, 1.82) is 5.26 Å². The molecule has 10 nitrogen and oxygen atoms in total. The van der Waals surface area contributed by atoms with Crippen molar-refractivity contribution in [2.45, 2.75) is 57.8 Å². The fourth-order valence-corrected chi connectivity index (χ4v) is 3.67. The Morgan fingerprint density at radius 3 is 2.14 bits per heavy atom. The van der Waals surface area contributed by atoms with Gasteiger partial charge in [0.15, 0.2) is 0 Å². The summed E-state index contributed by atoms with van der Waals surface area (Å²) in [6.45, 7) is 12.2. The fourth-order valence-electron chi connectivity index (χ4n) is 3.67. The zero-order valence-electron chi connectivity index (χ0n) is 23.8. The number of pyridine rings is 3. The highest BCUT2D eigenvalue weighted by atomic mass is 16.2. The van der Waals surface area contributed by atoms with E-state index in [-0.39, 0.29) is 35.2 Å². The number of amides is 2. The molecular weight excluding hydrogens is 532 g/mol. The quantitative estimate of drug-likeness (QED) is 0.313. The fraction of sp³-hybridized carbons (Fsp3) is 0.281. The van der Waals surface area contributed by atoms with Gasteiger partial charge in [0.2, 0.25) is 11.8 Å². The van der Waals surface area contributed by atoms with E-state index in [1.807, 2.05) is 48.5 Å². The predicted molar refractivity (Wildman–Crippen MR) is 157 cm³/mol. The third kappa shape index (κ3) is 14.2. The summed E-state index contributed by atoms with van der Waals surface area (Å²) in [6, 6.07) is 18.5. The lowest BCUT2D eigenvalue weighted by Crippen LogP contribution is -2.39. The van der Waals surface area contributed by atoms with Gasteiger partial charge in [-0.2, -0.15) is 5.26 Å². The van der Waals surface area contributed by atoms with Crippen molar-refractivity contribution in [3.05, 3.63) is 114 Å². The zero-order valence-corrected chi connectivity index (χ0v) is 23.8. The van der Waals surface area contributed by atoms with Gasteiger partial charge in [-0.1, -0.05) is 18.2 Å². The summed E-state index contributed by atoms with van der Waals surface area (Å²) in [5.41, 5.74) is 2.34. The van der Waals surface area contributed by atoms with Crippen molar-refractivity contribution in [2.75, 3.05) is 0 Å². The third-order valence-electron chi connectivity index (χ3n) is 5.61. The van der Waals surface area contributed by atoms with E-state index in [4.69, 9.17) is 11.8 Å². The number of hydrogen-bond donors (Lipinski definition) is 1. The first kappa shape index (κ1) is 34.7. The van der Waals surface area contributed by atoms with Crippen molar-refractivity contribution in [3.8, 4) is 6.07 Å². The highest BCUT2D eigenvalue weighted by Gasteiger charge is 2.28. The minimum absolute atomic E-state index is 0.0685. The van der Waals surface area contributed by atoms with Gasteiger partial charge in [-0.3, -0.25) is 39.4 Å². The number of nitriles is 1. The SMILES string of the molecule is CC(=O)C(CCC#N)c1ccccn1.CC(=O)Cc1ccccn1.O=C1CCC(c2ccccn2)C(=O)N1.[C-]#[N+]C=C. The molecule has 10 heteroatoms. The Balaban J connectivity index is 0.000000300. The lowest BCUT2D eigenvalue weighted by molar-refractivity contribution is -0.134. The summed E-state index contributed by atoms with van der Waals surface area (Å²) in [4.78, 5) is 59.2. The number of imide groups is 1. The second-order valence-corrected chi connectivity index (χ2v) is 8.88. The van der Waals surface area contributed by atoms with Crippen LogP contribution in [0.1, 0.15) is 68.4 Å². The molecule has 42 heavy (non-hydrogen) atoms. The van der Waals surface area contributed by atoms with E-state index in [0.29, 0.717) is 32.1 Å². The number of rotatable bonds is 7. The van der Waals surface area contributed by atoms with Crippen LogP contribution in [0.15, 0.2) is 86.0 Å². The molecule has 2 atom stereocenters. The van der Waals surface area contributed by atoms with E-state index in [1.54, 1.807) is 37.6 Å². The van der Waals surface area contributed by atoms with Gasteiger partial charge in [0.1, 0.15) is 17.8 Å². The number of nitrogens with zero attached hydrogens (tertiary/aromatic N) is 5. The number of Topliss-reactive ketones (excluding diaryl/α,β-unsaturated/α-hetero) is 2. The molecule has 1 fully saturated rings. The van der Waals surface area contributed by atoms with Gasteiger partial charge in [0.05, 0.1) is 35.9 Å². The van der Waals surface area contributed by atoms with Gasteiger partial charge in [0, 0.05) is 43.5 Å². The summed E-state index contributed by atoms with van der Waals surface area (Å²) in [5, 5.41) is 10.8. The first-order valence-electron chi connectivity index (χ1n) is 13.1. The van der Waals surface area contributed by atoms with Crippen LogP contribution in [0.25, 0.3) is 4.85 Å². The van der Waals surface area contributed by atoms with Crippen molar-refractivity contribution in [1.82, 2.24) is 20.3 Å². The molecule has 0 aliphatic carbocycles. The van der Waals surface area contributed by atoms with Crippen LogP contribution in [0.4, 0.5) is 0 Å². The van der Waals surface area contributed by atoms with Crippen molar-refractivity contribution in [3.63, 3.8) is 0 Å². The average molecular weight is 567 g/mol. The van der Waals surface area contributed by atoms with Crippen LogP contribution >= 0.6 is 0 Å². The summed E-state index contributed by atoms with van der Waals surface area (Å²) in [6.07, 6.45) is 8.52. The molecular formula is C32H34N6O4. The molecule has 0 bridgehead atoms. The van der Waals surface area contributed by atoms with E-state index in [2.05, 4.69) is 31.7 Å². The number of piperidine rings is 1. The van der Waals surface area contributed by atoms with E-state index < -0.39 is 0 Å². The minimum Gasteiger partial charge on any atom is -0.300 e. The molecule has 0 aromatic carbocycles. The molecule has 1 saturated heterocycles. The largest absolute Gasteiger partial charge is 0.300 e. The Morgan fingerprint density at radius 1 is 1.07 bits per heavy atom. The van der Waals surface area contributed by atoms with Gasteiger partial charge in [-0.15, -0.1) is 6.58 Å². The van der Waals surface area contributed by atoms with Crippen molar-refractivity contribution >= 4 is 23.4 Å². The number of hydrogen-bond acceptors (Lipinski definition) is 8. The molecule has 0 saturated carbocycles. The van der Waals surface area contributed by atoms with Crippen LogP contribution in [0.2, 0.25) is 0 Å². The van der Waals surface area contributed by atoms with Gasteiger partial charge in [-0.05, 0) is 63.1 Å². The standard InChI is InChI=1S/C11H12N2O.C10H10N2O2.C8H9NO.C3H3N/c1-9(14)10(5-4-7-12)11-6-2-3-8-13-11;13-9-5-4-7(10(14)12-9)8-3-1-2-6-11-8;1-7(10)6-8-4-2-3-5-9-8;1-3-4-2/h2-3,6,8,10H,4-5H2,1H3;1-3,6-7H,4-5H2,(H,12,13,14);2-5H,6H2,1H3;3H,1H2. The Kier molecular flexibility index (Phi) is 17.0. The number of ketones is 2. The maximum Gasteiger partial charge on any atom is 0.235 e. The van der Waals surface area contributed by atoms with Crippen molar-refractivity contribution in [2.24, 2.45) is 0 Å². The number of carbonyl (C=O) groups is 4. The second kappa shape index (κ2) is 20.5. The molecule has 3 aromatic rings. The maximum absolute atomic E-state index is 11.4. The van der Waals surface area contributed by atoms with Gasteiger partial charge in [0.25, 0.3) is 0 Å². The molecule has 1 aliphatic rings. The van der Waals surface area contributed by atoms with Crippen LogP contribution in [0.3, 0.4) is 0 Å². The average Bonchev–Trinajstić information content (AvgIpc) is 2.99. The van der Waals surface area contributed by atoms with Gasteiger partial charge >= 0.3 is 0 Å². The number of carbonyl (C=O) groups excluding carboxylic acids is 4. The molecule has 0 spiro atoms. The summed E-state index contributed by atoms with van der Waals surface area (Å²) in [5.74, 6) is -0.704. The Bertz CT molecular complexity index is 1370. The third-order valence-corrected chi connectivity index (χ3v) is 5.61. The Labute approximate surface area is 246 Å². The van der Waals surface area contributed by atoms with E-state index in [0.717, 1.165) is 17.1 Å². The number of aromatic nitrogens is 3. The molecule has 2 amide bonds. The normalized spacial score (nSPS) is 13.8. The van der Waals surface area contributed by atoms with Crippen LogP contribution in [0.5, 0.6) is 0 Å². The minimum atomic E-state index is -0.270. The first-order chi connectivity index (χ1) is 20.2. The van der Waals surface area contributed by atoms with E-state index in [9.17, 15) is 19.2 Å². The number of nitrogens with one attached hydrogen (secondary N) is 1. The van der Waals surface area contributed by atoms with Gasteiger partial charge < -0.3 is 0 Å². The van der Waals surface area contributed by atoms with Crippen LogP contribution in [-0.2, 0) is 25.6 Å². The summed E-state index contributed by atoms with van der Waals surface area (Å²) >= 11 is 0. The van der Waals surface area contributed by atoms with E-state index in [1.165, 1.54) is 13.1 Å². The molecule has 1 aliphatic heterocycles. The molecule has 216 valence electrons. The Morgan fingerprint density at radius 2 is 1.69 bits per heavy atom. The van der Waals surface area contributed by atoms with E-state index >= 15 is 0 Å². The Hall–Kier alpha value is -5.35. The molecule has 4 heterocycles. The molecule has 0 radical (unpaired) electrons. The van der Waals surface area contributed by atoms with Crippen molar-refractivity contribution < 1.29 is 19.2 Å².